The highest BCUT2D eigenvalue weighted by Crippen LogP contribution is 2.57. The number of carbonyl (C=O) groups excluding carboxylic acids is 1. The number of hydrogen-bond acceptors (Lipinski definition) is 4. The molecule has 5 heteroatoms. The Balaban J connectivity index is 1.36. The summed E-state index contributed by atoms with van der Waals surface area (Å²) in [5.41, 5.74) is -0.980. The number of allylic oxidation sites excluding steroid dienone is 2. The highest BCUT2D eigenvalue weighted by molar-refractivity contribution is 5.72. The van der Waals surface area contributed by atoms with Crippen LogP contribution in [0, 0.1) is 17.8 Å². The van der Waals surface area contributed by atoms with Crippen molar-refractivity contribution >= 4 is 6.09 Å². The quantitative estimate of drug-likeness (QED) is 0.643. The van der Waals surface area contributed by atoms with Crippen molar-refractivity contribution in [3.63, 3.8) is 0 Å². The van der Waals surface area contributed by atoms with Gasteiger partial charge >= 0.3 is 6.09 Å². The van der Waals surface area contributed by atoms with Gasteiger partial charge in [-0.1, -0.05) is 11.6 Å². The summed E-state index contributed by atoms with van der Waals surface area (Å²) in [6.45, 7) is 8.49. The summed E-state index contributed by atoms with van der Waals surface area (Å²) in [4.78, 5) is 14.0. The Morgan fingerprint density at radius 2 is 1.75 bits per heavy atom. The van der Waals surface area contributed by atoms with Crippen LogP contribution in [-0.4, -0.2) is 46.2 Å². The summed E-state index contributed by atoms with van der Waals surface area (Å²) in [6, 6.07) is 0. The first-order valence-corrected chi connectivity index (χ1v) is 11.1. The van der Waals surface area contributed by atoms with Crippen LogP contribution in [0.15, 0.2) is 11.6 Å². The Labute approximate surface area is 169 Å². The number of cyclic esters (lactones) is 1. The predicted octanol–water partition coefficient (Wildman–Crippen LogP) is 4.64. The SMILES string of the molecule is CC(C)=CCCC1(C)OC(=O)N(CCOC23CC4CC(CC(C4)C2)C3)C1(C)O. The molecule has 1 heterocycles. The number of ether oxygens (including phenoxy) is 2. The summed E-state index contributed by atoms with van der Waals surface area (Å²) in [7, 11) is 0. The van der Waals surface area contributed by atoms with Gasteiger partial charge in [-0.2, -0.15) is 0 Å². The molecule has 1 N–H and O–H groups in total. The molecule has 2 unspecified atom stereocenters. The van der Waals surface area contributed by atoms with Gasteiger partial charge in [0, 0.05) is 0 Å². The molecule has 0 aromatic heterocycles. The molecule has 1 aliphatic heterocycles. The Hall–Kier alpha value is -1.07. The van der Waals surface area contributed by atoms with E-state index in [0.717, 1.165) is 24.2 Å². The molecule has 0 aromatic carbocycles. The Bertz CT molecular complexity index is 616. The van der Waals surface area contributed by atoms with Crippen LogP contribution in [0.2, 0.25) is 0 Å². The minimum Gasteiger partial charge on any atom is -0.438 e. The molecule has 5 fully saturated rings. The second-order valence-corrected chi connectivity index (χ2v) is 10.5. The van der Waals surface area contributed by atoms with Crippen molar-refractivity contribution < 1.29 is 19.4 Å². The molecule has 5 aliphatic rings. The molecule has 5 rings (SSSR count). The van der Waals surface area contributed by atoms with E-state index in [0.29, 0.717) is 19.6 Å². The fraction of sp³-hybridized carbons (Fsp3) is 0.870. The predicted molar refractivity (Wildman–Crippen MR) is 108 cm³/mol. The van der Waals surface area contributed by atoms with Gasteiger partial charge in [0.25, 0.3) is 0 Å². The lowest BCUT2D eigenvalue weighted by Crippen LogP contribution is -2.56. The second-order valence-electron chi connectivity index (χ2n) is 10.5. The van der Waals surface area contributed by atoms with Gasteiger partial charge in [-0.15, -0.1) is 0 Å². The van der Waals surface area contributed by atoms with E-state index < -0.39 is 17.4 Å². The Morgan fingerprint density at radius 3 is 2.29 bits per heavy atom. The minimum atomic E-state index is -1.33. The molecule has 5 nitrogen and oxygen atoms in total. The molecule has 4 saturated carbocycles. The van der Waals surface area contributed by atoms with E-state index in [-0.39, 0.29) is 5.60 Å². The third-order valence-corrected chi connectivity index (χ3v) is 7.94. The summed E-state index contributed by atoms with van der Waals surface area (Å²) in [6.07, 6.45) is 10.8. The van der Waals surface area contributed by atoms with Crippen LogP contribution in [0.1, 0.15) is 79.1 Å². The number of aliphatic hydroxyl groups is 1. The zero-order valence-electron chi connectivity index (χ0n) is 18.0. The summed E-state index contributed by atoms with van der Waals surface area (Å²) >= 11 is 0. The number of carbonyl (C=O) groups is 1. The molecule has 1 amide bonds. The largest absolute Gasteiger partial charge is 0.438 e. The highest BCUT2D eigenvalue weighted by atomic mass is 16.6. The molecule has 0 spiro atoms. The van der Waals surface area contributed by atoms with Gasteiger partial charge in [-0.05, 0) is 96.8 Å². The maximum atomic E-state index is 12.5. The van der Waals surface area contributed by atoms with Gasteiger partial charge in [0.15, 0.2) is 11.3 Å². The molecule has 2 atom stereocenters. The highest BCUT2D eigenvalue weighted by Gasteiger charge is 2.59. The molecule has 1 saturated heterocycles. The summed E-state index contributed by atoms with van der Waals surface area (Å²) < 4.78 is 12.1. The maximum Gasteiger partial charge on any atom is 0.412 e. The summed E-state index contributed by atoms with van der Waals surface area (Å²) in [5, 5.41) is 11.2. The maximum absolute atomic E-state index is 12.5. The molecule has 158 valence electrons. The average molecular weight is 392 g/mol. The van der Waals surface area contributed by atoms with Crippen molar-refractivity contribution in [3.05, 3.63) is 11.6 Å². The Morgan fingerprint density at radius 1 is 1.18 bits per heavy atom. The summed E-state index contributed by atoms with van der Waals surface area (Å²) in [5.74, 6) is 2.51. The van der Waals surface area contributed by atoms with Gasteiger partial charge in [0.1, 0.15) is 0 Å². The third-order valence-electron chi connectivity index (χ3n) is 7.94. The smallest absolute Gasteiger partial charge is 0.412 e. The van der Waals surface area contributed by atoms with Crippen LogP contribution in [0.3, 0.4) is 0 Å². The lowest BCUT2D eigenvalue weighted by molar-refractivity contribution is -0.175. The van der Waals surface area contributed by atoms with Crippen LogP contribution >= 0.6 is 0 Å². The standard InChI is InChI=1S/C23H37NO4/c1-16(2)6-5-7-21(3)22(4,26)24(20(25)28-21)8-9-27-23-13-17-10-18(14-23)12-19(11-17)15-23/h6,17-19,26H,5,7-15H2,1-4H3. The van der Waals surface area contributed by atoms with E-state index in [1.165, 1.54) is 49.0 Å². The number of nitrogens with zero attached hydrogens (tertiary/aromatic N) is 1. The van der Waals surface area contributed by atoms with Crippen molar-refractivity contribution in [3.8, 4) is 0 Å². The first kappa shape index (κ1) is 20.2. The average Bonchev–Trinajstić information content (AvgIpc) is 2.72. The number of hydrogen-bond donors (Lipinski definition) is 1. The topological polar surface area (TPSA) is 59.0 Å². The lowest BCUT2D eigenvalue weighted by atomic mass is 9.54. The second kappa shape index (κ2) is 7.02. The molecule has 4 bridgehead atoms. The van der Waals surface area contributed by atoms with Crippen molar-refractivity contribution in [2.24, 2.45) is 17.8 Å². The third kappa shape index (κ3) is 3.49. The molecule has 0 aromatic rings. The van der Waals surface area contributed by atoms with Crippen LogP contribution in [-0.2, 0) is 9.47 Å². The molecular formula is C23H37NO4. The van der Waals surface area contributed by atoms with Gasteiger partial charge in [0.2, 0.25) is 0 Å². The number of amides is 1. The lowest BCUT2D eigenvalue weighted by Gasteiger charge is -2.56. The van der Waals surface area contributed by atoms with Gasteiger partial charge < -0.3 is 14.6 Å². The number of rotatable bonds is 7. The molecule has 0 radical (unpaired) electrons. The fourth-order valence-electron chi connectivity index (χ4n) is 6.60. The normalized spacial score (nSPS) is 44.1. The van der Waals surface area contributed by atoms with E-state index in [9.17, 15) is 9.90 Å². The van der Waals surface area contributed by atoms with Gasteiger partial charge in [-0.3, -0.25) is 4.90 Å². The van der Waals surface area contributed by atoms with Crippen LogP contribution < -0.4 is 0 Å². The zero-order chi connectivity index (χ0) is 20.2. The molecule has 4 aliphatic carbocycles. The van der Waals surface area contributed by atoms with Crippen LogP contribution in [0.4, 0.5) is 4.79 Å². The van der Waals surface area contributed by atoms with Crippen molar-refractivity contribution in [2.75, 3.05) is 13.2 Å². The monoisotopic (exact) mass is 391 g/mol. The zero-order valence-corrected chi connectivity index (χ0v) is 18.0. The van der Waals surface area contributed by atoms with E-state index in [4.69, 9.17) is 9.47 Å². The van der Waals surface area contributed by atoms with Crippen LogP contribution in [0.5, 0.6) is 0 Å². The van der Waals surface area contributed by atoms with Gasteiger partial charge in [-0.25, -0.2) is 4.79 Å². The van der Waals surface area contributed by atoms with Crippen LogP contribution in [0.25, 0.3) is 0 Å². The molecule has 28 heavy (non-hydrogen) atoms. The van der Waals surface area contributed by atoms with Gasteiger partial charge in [0.05, 0.1) is 18.8 Å². The van der Waals surface area contributed by atoms with Crippen molar-refractivity contribution in [1.29, 1.82) is 0 Å². The van der Waals surface area contributed by atoms with E-state index in [2.05, 4.69) is 19.9 Å². The van der Waals surface area contributed by atoms with E-state index in [1.807, 2.05) is 6.92 Å². The Kier molecular flexibility index (Phi) is 5.06. The van der Waals surface area contributed by atoms with Crippen molar-refractivity contribution in [2.45, 2.75) is 96.0 Å². The van der Waals surface area contributed by atoms with E-state index >= 15 is 0 Å². The first-order valence-electron chi connectivity index (χ1n) is 11.1. The first-order chi connectivity index (χ1) is 13.1. The fourth-order valence-corrected chi connectivity index (χ4v) is 6.60. The van der Waals surface area contributed by atoms with E-state index in [1.54, 1.807) is 6.92 Å². The molecular weight excluding hydrogens is 354 g/mol. The van der Waals surface area contributed by atoms with Crippen molar-refractivity contribution in [1.82, 2.24) is 4.90 Å². The minimum absolute atomic E-state index is 0.0248.